The van der Waals surface area contributed by atoms with Crippen molar-refractivity contribution in [3.63, 3.8) is 0 Å². The number of halogens is 2. The normalized spacial score (nSPS) is 20.9. The summed E-state index contributed by atoms with van der Waals surface area (Å²) in [5.74, 6) is 0.645. The number of Topliss-reactive ketones (excluding diaryl/α,β-unsaturated/α-hetero) is 1. The van der Waals surface area contributed by atoms with Crippen LogP contribution in [0.2, 0.25) is 10.0 Å². The van der Waals surface area contributed by atoms with Crippen LogP contribution in [0, 0.1) is 16.7 Å². The molecule has 0 spiro atoms. The van der Waals surface area contributed by atoms with Crippen LogP contribution in [0.5, 0.6) is 0 Å². The third-order valence-electron chi connectivity index (χ3n) is 5.18. The molecular formula is C22H18Cl2N2O3. The SMILES string of the molecule is CC1(C)CC(=O)C2=C(C1)OC(N)=C(C#N)[C@H]2c1ccc(-c2cc(Cl)ccc2Cl)o1. The molecule has 0 saturated heterocycles. The Labute approximate surface area is 178 Å². The molecule has 5 nitrogen and oxygen atoms in total. The van der Waals surface area contributed by atoms with E-state index in [9.17, 15) is 10.1 Å². The molecular weight excluding hydrogens is 411 g/mol. The maximum Gasteiger partial charge on any atom is 0.205 e. The Kier molecular flexibility index (Phi) is 4.72. The fourth-order valence-electron chi connectivity index (χ4n) is 3.91. The number of nitrogens with zero attached hydrogens (tertiary/aromatic N) is 1. The number of allylic oxidation sites excluding steroid dienone is 3. The van der Waals surface area contributed by atoms with Gasteiger partial charge in [-0.25, -0.2) is 0 Å². The van der Waals surface area contributed by atoms with E-state index in [2.05, 4.69) is 6.07 Å². The van der Waals surface area contributed by atoms with E-state index in [1.807, 2.05) is 13.8 Å². The highest BCUT2D eigenvalue weighted by atomic mass is 35.5. The fourth-order valence-corrected chi connectivity index (χ4v) is 4.29. The summed E-state index contributed by atoms with van der Waals surface area (Å²) in [6, 6.07) is 10.6. The van der Waals surface area contributed by atoms with Gasteiger partial charge in [0.05, 0.1) is 10.9 Å². The molecule has 0 radical (unpaired) electrons. The molecule has 1 aromatic carbocycles. The summed E-state index contributed by atoms with van der Waals surface area (Å²) in [4.78, 5) is 13.0. The van der Waals surface area contributed by atoms with Gasteiger partial charge in [-0.15, -0.1) is 0 Å². The summed E-state index contributed by atoms with van der Waals surface area (Å²) in [5.41, 5.74) is 7.01. The van der Waals surface area contributed by atoms with Gasteiger partial charge in [-0.1, -0.05) is 37.0 Å². The number of carbonyl (C=O) groups is 1. The molecule has 0 fully saturated rings. The van der Waals surface area contributed by atoms with Crippen molar-refractivity contribution in [2.24, 2.45) is 11.1 Å². The number of nitriles is 1. The molecule has 2 aromatic rings. The van der Waals surface area contributed by atoms with Crippen LogP contribution in [-0.4, -0.2) is 5.78 Å². The molecule has 1 aromatic heterocycles. The molecule has 29 heavy (non-hydrogen) atoms. The van der Waals surface area contributed by atoms with E-state index in [1.165, 1.54) is 0 Å². The smallest absolute Gasteiger partial charge is 0.205 e. The molecule has 0 saturated carbocycles. The Morgan fingerprint density at radius 1 is 1.21 bits per heavy atom. The molecule has 4 rings (SSSR count). The van der Waals surface area contributed by atoms with Crippen molar-refractivity contribution in [2.75, 3.05) is 0 Å². The Morgan fingerprint density at radius 3 is 2.69 bits per heavy atom. The van der Waals surface area contributed by atoms with Crippen molar-refractivity contribution in [1.29, 1.82) is 5.26 Å². The van der Waals surface area contributed by atoms with Gasteiger partial charge in [-0.05, 0) is 35.7 Å². The number of carbonyl (C=O) groups excluding carboxylic acids is 1. The van der Waals surface area contributed by atoms with Crippen molar-refractivity contribution in [1.82, 2.24) is 0 Å². The average Bonchev–Trinajstić information content (AvgIpc) is 3.11. The van der Waals surface area contributed by atoms with E-state index in [0.717, 1.165) is 0 Å². The molecule has 2 heterocycles. The van der Waals surface area contributed by atoms with Crippen molar-refractivity contribution >= 4 is 29.0 Å². The number of nitrogens with two attached hydrogens (primary N) is 1. The zero-order chi connectivity index (χ0) is 20.9. The second kappa shape index (κ2) is 6.98. The Bertz CT molecular complexity index is 1140. The van der Waals surface area contributed by atoms with Crippen LogP contribution in [-0.2, 0) is 9.53 Å². The first kappa shape index (κ1) is 19.6. The van der Waals surface area contributed by atoms with Crippen LogP contribution in [0.15, 0.2) is 57.5 Å². The number of furan rings is 1. The second-order valence-corrected chi connectivity index (χ2v) is 8.87. The van der Waals surface area contributed by atoms with Gasteiger partial charge in [-0.3, -0.25) is 4.79 Å². The molecule has 2 aliphatic rings. The molecule has 0 unspecified atom stereocenters. The first-order valence-corrected chi connectivity index (χ1v) is 9.85. The lowest BCUT2D eigenvalue weighted by Gasteiger charge is -2.36. The quantitative estimate of drug-likeness (QED) is 0.661. The third-order valence-corrected chi connectivity index (χ3v) is 5.75. The van der Waals surface area contributed by atoms with Gasteiger partial charge in [0.2, 0.25) is 5.88 Å². The largest absolute Gasteiger partial charge is 0.460 e. The predicted molar refractivity (Wildman–Crippen MR) is 110 cm³/mol. The fraction of sp³-hybridized carbons (Fsp3) is 0.273. The lowest BCUT2D eigenvalue weighted by atomic mass is 9.71. The van der Waals surface area contributed by atoms with Crippen molar-refractivity contribution in [3.05, 3.63) is 68.9 Å². The molecule has 1 aliphatic heterocycles. The van der Waals surface area contributed by atoms with Gasteiger partial charge in [-0.2, -0.15) is 5.26 Å². The number of rotatable bonds is 2. The van der Waals surface area contributed by atoms with Crippen LogP contribution in [0.3, 0.4) is 0 Å². The number of benzene rings is 1. The van der Waals surface area contributed by atoms with E-state index in [-0.39, 0.29) is 22.7 Å². The summed E-state index contributed by atoms with van der Waals surface area (Å²) in [6.07, 6.45) is 0.912. The van der Waals surface area contributed by atoms with Crippen LogP contribution >= 0.6 is 23.2 Å². The van der Waals surface area contributed by atoms with Gasteiger partial charge in [0.25, 0.3) is 0 Å². The minimum Gasteiger partial charge on any atom is -0.460 e. The highest BCUT2D eigenvalue weighted by Gasteiger charge is 2.44. The van der Waals surface area contributed by atoms with Gasteiger partial charge >= 0.3 is 0 Å². The zero-order valence-electron chi connectivity index (χ0n) is 15.9. The lowest BCUT2D eigenvalue weighted by molar-refractivity contribution is -0.119. The summed E-state index contributed by atoms with van der Waals surface area (Å²) in [6.45, 7) is 4.00. The molecule has 2 N–H and O–H groups in total. The van der Waals surface area contributed by atoms with Gasteiger partial charge in [0.1, 0.15) is 28.9 Å². The number of hydrogen-bond acceptors (Lipinski definition) is 5. The molecule has 148 valence electrons. The maximum atomic E-state index is 13.0. The summed E-state index contributed by atoms with van der Waals surface area (Å²) >= 11 is 12.4. The first-order valence-electron chi connectivity index (χ1n) is 9.09. The highest BCUT2D eigenvalue weighted by molar-refractivity contribution is 6.35. The number of ether oxygens (including phenoxy) is 1. The van der Waals surface area contributed by atoms with Gasteiger partial charge in [0.15, 0.2) is 5.78 Å². The van der Waals surface area contributed by atoms with E-state index < -0.39 is 5.92 Å². The minimum atomic E-state index is -0.709. The number of hydrogen-bond donors (Lipinski definition) is 1. The first-order chi connectivity index (χ1) is 13.7. The molecule has 1 atom stereocenters. The van der Waals surface area contributed by atoms with Crippen LogP contribution in [0.1, 0.15) is 38.4 Å². The lowest BCUT2D eigenvalue weighted by Crippen LogP contribution is -2.33. The van der Waals surface area contributed by atoms with E-state index in [1.54, 1.807) is 30.3 Å². The van der Waals surface area contributed by atoms with Crippen molar-refractivity contribution in [2.45, 2.75) is 32.6 Å². The number of ketones is 1. The zero-order valence-corrected chi connectivity index (χ0v) is 17.4. The minimum absolute atomic E-state index is 0.000452. The maximum absolute atomic E-state index is 13.0. The van der Waals surface area contributed by atoms with E-state index in [4.69, 9.17) is 38.1 Å². The van der Waals surface area contributed by atoms with Gasteiger partial charge < -0.3 is 14.9 Å². The standard InChI is InChI=1S/C22H18Cl2N2O3/c1-22(2)8-15(27)20-18(9-22)29-21(26)13(10-25)19(20)17-6-5-16(28-17)12-7-11(23)3-4-14(12)24/h3-7,19H,8-9,26H2,1-2H3/t19-/m0/s1. The Morgan fingerprint density at radius 2 is 1.97 bits per heavy atom. The van der Waals surface area contributed by atoms with Crippen LogP contribution in [0.25, 0.3) is 11.3 Å². The van der Waals surface area contributed by atoms with E-state index in [0.29, 0.717) is 51.3 Å². The average molecular weight is 429 g/mol. The molecule has 0 amide bonds. The van der Waals surface area contributed by atoms with Crippen molar-refractivity contribution in [3.8, 4) is 17.4 Å². The predicted octanol–water partition coefficient (Wildman–Crippen LogP) is 5.70. The highest BCUT2D eigenvalue weighted by Crippen LogP contribution is 2.48. The second-order valence-electron chi connectivity index (χ2n) is 8.03. The summed E-state index contributed by atoms with van der Waals surface area (Å²) in [7, 11) is 0. The topological polar surface area (TPSA) is 89.2 Å². The van der Waals surface area contributed by atoms with E-state index >= 15 is 0 Å². The van der Waals surface area contributed by atoms with Crippen LogP contribution < -0.4 is 5.73 Å². The summed E-state index contributed by atoms with van der Waals surface area (Å²) < 4.78 is 11.7. The van der Waals surface area contributed by atoms with Crippen molar-refractivity contribution < 1.29 is 13.9 Å². The summed E-state index contributed by atoms with van der Waals surface area (Å²) in [5, 5.41) is 10.7. The molecule has 0 bridgehead atoms. The van der Waals surface area contributed by atoms with Crippen LogP contribution in [0.4, 0.5) is 0 Å². The Balaban J connectivity index is 1.84. The monoisotopic (exact) mass is 428 g/mol. The third kappa shape index (κ3) is 3.43. The Hall–Kier alpha value is -2.68. The molecule has 7 heteroatoms. The molecule has 1 aliphatic carbocycles. The van der Waals surface area contributed by atoms with Gasteiger partial charge in [0, 0.05) is 29.0 Å².